The van der Waals surface area contributed by atoms with Crippen molar-refractivity contribution in [2.75, 3.05) is 18.4 Å². The highest BCUT2D eigenvalue weighted by atomic mass is 79.9. The van der Waals surface area contributed by atoms with Gasteiger partial charge in [0.15, 0.2) is 0 Å². The smallest absolute Gasteiger partial charge is 0.366 e. The molecule has 8 heteroatoms. The third kappa shape index (κ3) is 4.24. The number of benzene rings is 1. The van der Waals surface area contributed by atoms with Crippen molar-refractivity contribution >= 4 is 21.7 Å². The van der Waals surface area contributed by atoms with Crippen molar-refractivity contribution < 1.29 is 13.2 Å². The predicted molar refractivity (Wildman–Crippen MR) is 88.5 cm³/mol. The maximum Gasteiger partial charge on any atom is 0.433 e. The third-order valence-electron chi connectivity index (χ3n) is 3.93. The van der Waals surface area contributed by atoms with E-state index in [1.165, 1.54) is 5.56 Å². The summed E-state index contributed by atoms with van der Waals surface area (Å²) in [7, 11) is 0. The second-order valence-electron chi connectivity index (χ2n) is 5.74. The van der Waals surface area contributed by atoms with Gasteiger partial charge < -0.3 is 5.32 Å². The van der Waals surface area contributed by atoms with Crippen LogP contribution in [0.25, 0.3) is 0 Å². The van der Waals surface area contributed by atoms with Gasteiger partial charge in [0.2, 0.25) is 0 Å². The molecule has 0 radical (unpaired) electrons. The summed E-state index contributed by atoms with van der Waals surface area (Å²) in [5.41, 5.74) is 0.266. The molecule has 1 saturated heterocycles. The van der Waals surface area contributed by atoms with Crippen molar-refractivity contribution in [3.8, 4) is 0 Å². The zero-order chi connectivity index (χ0) is 17.2. The van der Waals surface area contributed by atoms with E-state index in [1.807, 2.05) is 18.2 Å². The topological polar surface area (TPSA) is 41.0 Å². The monoisotopic (exact) mass is 400 g/mol. The van der Waals surface area contributed by atoms with Crippen molar-refractivity contribution in [2.45, 2.75) is 25.2 Å². The van der Waals surface area contributed by atoms with Crippen molar-refractivity contribution in [3.63, 3.8) is 0 Å². The lowest BCUT2D eigenvalue weighted by atomic mass is 10.2. The molecule has 0 amide bonds. The number of hydrogen-bond donors (Lipinski definition) is 1. The Kier molecular flexibility index (Phi) is 5.05. The van der Waals surface area contributed by atoms with Crippen LogP contribution in [0.4, 0.5) is 19.0 Å². The highest BCUT2D eigenvalue weighted by molar-refractivity contribution is 9.10. The molecule has 1 aromatic carbocycles. The molecule has 1 N–H and O–H groups in total. The van der Waals surface area contributed by atoms with Gasteiger partial charge in [0.1, 0.15) is 17.8 Å². The Morgan fingerprint density at radius 2 is 2.04 bits per heavy atom. The second kappa shape index (κ2) is 7.06. The van der Waals surface area contributed by atoms with Gasteiger partial charge >= 0.3 is 6.18 Å². The zero-order valence-corrected chi connectivity index (χ0v) is 14.3. The van der Waals surface area contributed by atoms with Gasteiger partial charge in [-0.2, -0.15) is 13.2 Å². The summed E-state index contributed by atoms with van der Waals surface area (Å²) >= 11 is 3.53. The Morgan fingerprint density at radius 1 is 1.25 bits per heavy atom. The summed E-state index contributed by atoms with van der Waals surface area (Å²) in [6, 6.07) is 9.05. The molecule has 0 saturated carbocycles. The highest BCUT2D eigenvalue weighted by Gasteiger charge is 2.33. The zero-order valence-electron chi connectivity index (χ0n) is 12.7. The Hall–Kier alpha value is -1.67. The van der Waals surface area contributed by atoms with E-state index in [4.69, 9.17) is 0 Å². The van der Waals surface area contributed by atoms with E-state index in [1.54, 1.807) is 0 Å². The van der Waals surface area contributed by atoms with Gasteiger partial charge in [0, 0.05) is 36.2 Å². The van der Waals surface area contributed by atoms with Crippen LogP contribution in [0.2, 0.25) is 0 Å². The Bertz CT molecular complexity index is 708. The van der Waals surface area contributed by atoms with Crippen molar-refractivity contribution in [1.82, 2.24) is 14.9 Å². The fourth-order valence-corrected chi connectivity index (χ4v) is 3.17. The van der Waals surface area contributed by atoms with Crippen LogP contribution < -0.4 is 5.32 Å². The van der Waals surface area contributed by atoms with Gasteiger partial charge in [0.05, 0.1) is 0 Å². The fraction of sp³-hybridized carbons (Fsp3) is 0.375. The van der Waals surface area contributed by atoms with Crippen LogP contribution in [0, 0.1) is 0 Å². The minimum absolute atomic E-state index is 0.0727. The number of nitrogens with zero attached hydrogens (tertiary/aromatic N) is 3. The second-order valence-corrected chi connectivity index (χ2v) is 6.60. The number of anilines is 1. The number of rotatable bonds is 4. The molecule has 0 bridgehead atoms. The minimum atomic E-state index is -4.46. The van der Waals surface area contributed by atoms with Gasteiger partial charge in [-0.25, -0.2) is 9.97 Å². The SMILES string of the molecule is FC(F)(F)c1cc(NC2CCN(Cc3ccccc3Br)C2)ncn1. The lowest BCUT2D eigenvalue weighted by Gasteiger charge is -2.18. The first-order chi connectivity index (χ1) is 11.4. The van der Waals surface area contributed by atoms with Crippen LogP contribution in [0.1, 0.15) is 17.7 Å². The van der Waals surface area contributed by atoms with Gasteiger partial charge in [-0.1, -0.05) is 34.1 Å². The van der Waals surface area contributed by atoms with E-state index in [0.29, 0.717) is 0 Å². The first-order valence-electron chi connectivity index (χ1n) is 7.53. The molecule has 2 heterocycles. The molecule has 2 aromatic rings. The largest absolute Gasteiger partial charge is 0.433 e. The first kappa shape index (κ1) is 17.2. The summed E-state index contributed by atoms with van der Waals surface area (Å²) in [4.78, 5) is 9.43. The number of alkyl halides is 3. The maximum absolute atomic E-state index is 12.7. The fourth-order valence-electron chi connectivity index (χ4n) is 2.76. The molecule has 0 spiro atoms. The first-order valence-corrected chi connectivity index (χ1v) is 8.32. The van der Waals surface area contributed by atoms with E-state index < -0.39 is 11.9 Å². The normalized spacial score (nSPS) is 18.8. The van der Waals surface area contributed by atoms with Crippen LogP contribution in [0.5, 0.6) is 0 Å². The molecule has 1 aliphatic rings. The number of likely N-dealkylation sites (tertiary alicyclic amines) is 1. The van der Waals surface area contributed by atoms with E-state index >= 15 is 0 Å². The van der Waals surface area contributed by atoms with E-state index in [-0.39, 0.29) is 11.9 Å². The Balaban J connectivity index is 1.60. The minimum Gasteiger partial charge on any atom is -0.366 e. The molecular weight excluding hydrogens is 385 g/mol. The third-order valence-corrected chi connectivity index (χ3v) is 4.71. The Labute approximate surface area is 146 Å². The van der Waals surface area contributed by atoms with Gasteiger partial charge in [-0.15, -0.1) is 0 Å². The predicted octanol–water partition coefficient (Wildman–Crippen LogP) is 3.94. The average molecular weight is 401 g/mol. The van der Waals surface area contributed by atoms with Crippen molar-refractivity contribution in [2.24, 2.45) is 0 Å². The van der Waals surface area contributed by atoms with Gasteiger partial charge in [-0.05, 0) is 18.1 Å². The van der Waals surface area contributed by atoms with Crippen LogP contribution in [-0.4, -0.2) is 34.0 Å². The summed E-state index contributed by atoms with van der Waals surface area (Å²) in [6.07, 6.45) is -2.66. The van der Waals surface area contributed by atoms with E-state index in [2.05, 4.69) is 42.2 Å². The standard InChI is InChI=1S/C16H16BrF3N4/c17-13-4-2-1-3-11(13)8-24-6-5-12(9-24)23-15-7-14(16(18,19)20)21-10-22-15/h1-4,7,10,12H,5-6,8-9H2,(H,21,22,23). The van der Waals surface area contributed by atoms with Crippen LogP contribution in [-0.2, 0) is 12.7 Å². The molecule has 1 unspecified atom stereocenters. The molecular formula is C16H16BrF3N4. The van der Waals surface area contributed by atoms with Crippen LogP contribution in [0.3, 0.4) is 0 Å². The highest BCUT2D eigenvalue weighted by Crippen LogP contribution is 2.28. The molecule has 0 aliphatic carbocycles. The van der Waals surface area contributed by atoms with E-state index in [0.717, 1.165) is 42.9 Å². The molecule has 3 rings (SSSR count). The summed E-state index contributed by atoms with van der Waals surface area (Å²) < 4.78 is 39.1. The number of hydrogen-bond acceptors (Lipinski definition) is 4. The van der Waals surface area contributed by atoms with Crippen molar-refractivity contribution in [1.29, 1.82) is 0 Å². The summed E-state index contributed by atoms with van der Waals surface area (Å²) in [5, 5.41) is 3.08. The van der Waals surface area contributed by atoms with Gasteiger partial charge in [-0.3, -0.25) is 4.90 Å². The maximum atomic E-state index is 12.7. The number of aromatic nitrogens is 2. The summed E-state index contributed by atoms with van der Waals surface area (Å²) in [6.45, 7) is 2.44. The molecule has 4 nitrogen and oxygen atoms in total. The molecule has 24 heavy (non-hydrogen) atoms. The molecule has 1 aromatic heterocycles. The average Bonchev–Trinajstić information content (AvgIpc) is 2.96. The molecule has 1 aliphatic heterocycles. The van der Waals surface area contributed by atoms with E-state index in [9.17, 15) is 13.2 Å². The Morgan fingerprint density at radius 3 is 2.79 bits per heavy atom. The van der Waals surface area contributed by atoms with Gasteiger partial charge in [0.25, 0.3) is 0 Å². The quantitative estimate of drug-likeness (QED) is 0.843. The lowest BCUT2D eigenvalue weighted by molar-refractivity contribution is -0.141. The molecule has 128 valence electrons. The van der Waals surface area contributed by atoms with Crippen LogP contribution >= 0.6 is 15.9 Å². The lowest BCUT2D eigenvalue weighted by Crippen LogP contribution is -2.26. The molecule has 1 fully saturated rings. The number of nitrogens with one attached hydrogen (secondary N) is 1. The number of halogens is 4. The van der Waals surface area contributed by atoms with Crippen molar-refractivity contribution in [3.05, 3.63) is 52.4 Å². The van der Waals surface area contributed by atoms with Crippen LogP contribution in [0.15, 0.2) is 41.1 Å². The molecule has 1 atom stereocenters. The summed E-state index contributed by atoms with van der Waals surface area (Å²) in [5.74, 6) is 0.213.